The summed E-state index contributed by atoms with van der Waals surface area (Å²) in [6, 6.07) is 16.0. The van der Waals surface area contributed by atoms with E-state index in [4.69, 9.17) is 8.83 Å². The standard InChI is InChI=1S/C17H12N2O2/c1-11-13(9-10-20-11)16-18-19-17(21-16)15-8-4-6-12-5-2-3-7-14(12)15/h2-10H,1H3. The zero-order valence-electron chi connectivity index (χ0n) is 11.4. The summed E-state index contributed by atoms with van der Waals surface area (Å²) >= 11 is 0. The van der Waals surface area contributed by atoms with E-state index in [1.54, 1.807) is 6.26 Å². The fourth-order valence-electron chi connectivity index (χ4n) is 2.46. The van der Waals surface area contributed by atoms with Gasteiger partial charge in [-0.15, -0.1) is 10.2 Å². The van der Waals surface area contributed by atoms with Crippen LogP contribution in [0.4, 0.5) is 0 Å². The molecule has 0 unspecified atom stereocenters. The van der Waals surface area contributed by atoms with Crippen LogP contribution in [0.5, 0.6) is 0 Å². The highest BCUT2D eigenvalue weighted by molar-refractivity contribution is 5.94. The number of rotatable bonds is 2. The Morgan fingerprint density at radius 3 is 2.38 bits per heavy atom. The molecule has 102 valence electrons. The van der Waals surface area contributed by atoms with Gasteiger partial charge in [-0.3, -0.25) is 0 Å². The van der Waals surface area contributed by atoms with Gasteiger partial charge in [0.2, 0.25) is 5.89 Å². The first-order chi connectivity index (χ1) is 10.3. The summed E-state index contributed by atoms with van der Waals surface area (Å²) in [6.07, 6.45) is 1.62. The van der Waals surface area contributed by atoms with Crippen LogP contribution in [0.2, 0.25) is 0 Å². The second-order valence-corrected chi connectivity index (χ2v) is 4.83. The molecule has 0 saturated heterocycles. The first-order valence-corrected chi connectivity index (χ1v) is 6.69. The van der Waals surface area contributed by atoms with Crippen LogP contribution in [0, 0.1) is 6.92 Å². The van der Waals surface area contributed by atoms with E-state index in [2.05, 4.69) is 28.4 Å². The Morgan fingerprint density at radius 1 is 0.810 bits per heavy atom. The maximum atomic E-state index is 5.82. The van der Waals surface area contributed by atoms with Crippen LogP contribution < -0.4 is 0 Å². The fourth-order valence-corrected chi connectivity index (χ4v) is 2.46. The van der Waals surface area contributed by atoms with E-state index in [0.717, 1.165) is 27.7 Å². The largest absolute Gasteiger partial charge is 0.469 e. The van der Waals surface area contributed by atoms with E-state index >= 15 is 0 Å². The van der Waals surface area contributed by atoms with Gasteiger partial charge in [-0.25, -0.2) is 0 Å². The van der Waals surface area contributed by atoms with Crippen molar-refractivity contribution in [2.75, 3.05) is 0 Å². The van der Waals surface area contributed by atoms with Gasteiger partial charge in [-0.2, -0.15) is 0 Å². The van der Waals surface area contributed by atoms with E-state index in [9.17, 15) is 0 Å². The third kappa shape index (κ3) is 1.92. The summed E-state index contributed by atoms with van der Waals surface area (Å²) in [5, 5.41) is 10.5. The van der Waals surface area contributed by atoms with Gasteiger partial charge in [0, 0.05) is 5.56 Å². The third-order valence-corrected chi connectivity index (χ3v) is 3.53. The number of nitrogens with zero attached hydrogens (tertiary/aromatic N) is 2. The zero-order valence-corrected chi connectivity index (χ0v) is 11.4. The molecule has 4 nitrogen and oxygen atoms in total. The van der Waals surface area contributed by atoms with Crippen molar-refractivity contribution >= 4 is 10.8 Å². The summed E-state index contributed by atoms with van der Waals surface area (Å²) in [4.78, 5) is 0. The Bertz CT molecular complexity index is 916. The smallest absolute Gasteiger partial charge is 0.251 e. The second kappa shape index (κ2) is 4.59. The minimum Gasteiger partial charge on any atom is -0.469 e. The fraction of sp³-hybridized carbons (Fsp3) is 0.0588. The molecule has 4 heteroatoms. The van der Waals surface area contributed by atoms with Crippen LogP contribution >= 0.6 is 0 Å². The lowest BCUT2D eigenvalue weighted by atomic mass is 10.0. The van der Waals surface area contributed by atoms with Gasteiger partial charge in [0.1, 0.15) is 5.76 Å². The topological polar surface area (TPSA) is 52.1 Å². The predicted octanol–water partition coefficient (Wildman–Crippen LogP) is 4.46. The normalized spacial score (nSPS) is 11.1. The van der Waals surface area contributed by atoms with E-state index in [1.807, 2.05) is 37.3 Å². The molecular weight excluding hydrogens is 264 g/mol. The van der Waals surface area contributed by atoms with Crippen LogP contribution in [0.3, 0.4) is 0 Å². The molecule has 0 radical (unpaired) electrons. The molecule has 0 aliphatic carbocycles. The van der Waals surface area contributed by atoms with Crippen molar-refractivity contribution in [1.82, 2.24) is 10.2 Å². The average Bonchev–Trinajstić information content (AvgIpc) is 3.15. The molecular formula is C17H12N2O2. The summed E-state index contributed by atoms with van der Waals surface area (Å²) in [5.41, 5.74) is 1.77. The van der Waals surface area contributed by atoms with Crippen molar-refractivity contribution in [3.05, 3.63) is 60.6 Å². The minimum atomic E-state index is 0.476. The van der Waals surface area contributed by atoms with Crippen molar-refractivity contribution in [3.63, 3.8) is 0 Å². The Kier molecular flexibility index (Phi) is 2.60. The van der Waals surface area contributed by atoms with Gasteiger partial charge in [0.15, 0.2) is 0 Å². The van der Waals surface area contributed by atoms with Crippen LogP contribution in [0.1, 0.15) is 5.76 Å². The lowest BCUT2D eigenvalue weighted by Crippen LogP contribution is -1.81. The van der Waals surface area contributed by atoms with Crippen LogP contribution in [-0.4, -0.2) is 10.2 Å². The number of hydrogen-bond donors (Lipinski definition) is 0. The van der Waals surface area contributed by atoms with Gasteiger partial charge in [0.05, 0.1) is 11.8 Å². The van der Waals surface area contributed by atoms with E-state index in [1.165, 1.54) is 0 Å². The van der Waals surface area contributed by atoms with Crippen LogP contribution in [0.25, 0.3) is 33.7 Å². The molecule has 4 rings (SSSR count). The molecule has 0 bridgehead atoms. The second-order valence-electron chi connectivity index (χ2n) is 4.83. The van der Waals surface area contributed by atoms with E-state index < -0.39 is 0 Å². The van der Waals surface area contributed by atoms with Crippen LogP contribution in [-0.2, 0) is 0 Å². The molecule has 0 fully saturated rings. The number of fused-ring (bicyclic) bond motifs is 1. The van der Waals surface area contributed by atoms with E-state index in [0.29, 0.717) is 11.8 Å². The number of aryl methyl sites for hydroxylation is 1. The Morgan fingerprint density at radius 2 is 1.57 bits per heavy atom. The highest BCUT2D eigenvalue weighted by Crippen LogP contribution is 2.30. The molecule has 0 atom stereocenters. The molecule has 0 amide bonds. The molecule has 0 aliphatic rings. The molecule has 21 heavy (non-hydrogen) atoms. The molecule has 0 aliphatic heterocycles. The number of aromatic nitrogens is 2. The lowest BCUT2D eigenvalue weighted by molar-refractivity contribution is 0.530. The van der Waals surface area contributed by atoms with Crippen LogP contribution in [0.15, 0.2) is 63.6 Å². The molecule has 0 saturated carbocycles. The number of benzene rings is 2. The molecule has 2 heterocycles. The first-order valence-electron chi connectivity index (χ1n) is 6.69. The van der Waals surface area contributed by atoms with Gasteiger partial charge in [-0.05, 0) is 29.8 Å². The maximum Gasteiger partial charge on any atom is 0.251 e. The number of hydrogen-bond acceptors (Lipinski definition) is 4. The maximum absolute atomic E-state index is 5.82. The molecule has 2 aromatic carbocycles. The summed E-state index contributed by atoms with van der Waals surface area (Å²) in [5.74, 6) is 1.76. The Labute approximate surface area is 121 Å². The van der Waals surface area contributed by atoms with Crippen molar-refractivity contribution in [3.8, 4) is 22.9 Å². The summed E-state index contributed by atoms with van der Waals surface area (Å²) in [7, 11) is 0. The lowest BCUT2D eigenvalue weighted by Gasteiger charge is -2.01. The quantitative estimate of drug-likeness (QED) is 0.542. The van der Waals surface area contributed by atoms with Crippen molar-refractivity contribution in [2.45, 2.75) is 6.92 Å². The summed E-state index contributed by atoms with van der Waals surface area (Å²) in [6.45, 7) is 1.87. The first kappa shape index (κ1) is 11.9. The molecule has 0 spiro atoms. The highest BCUT2D eigenvalue weighted by atomic mass is 16.4. The predicted molar refractivity (Wildman–Crippen MR) is 79.7 cm³/mol. The van der Waals surface area contributed by atoms with E-state index in [-0.39, 0.29) is 0 Å². The van der Waals surface area contributed by atoms with Gasteiger partial charge in [-0.1, -0.05) is 36.4 Å². The monoisotopic (exact) mass is 276 g/mol. The highest BCUT2D eigenvalue weighted by Gasteiger charge is 2.15. The zero-order chi connectivity index (χ0) is 14.2. The van der Waals surface area contributed by atoms with Crippen molar-refractivity contribution < 1.29 is 8.83 Å². The van der Waals surface area contributed by atoms with Crippen molar-refractivity contribution in [2.24, 2.45) is 0 Å². The van der Waals surface area contributed by atoms with Crippen molar-refractivity contribution in [1.29, 1.82) is 0 Å². The Hall–Kier alpha value is -2.88. The number of furan rings is 1. The van der Waals surface area contributed by atoms with Gasteiger partial charge in [0.25, 0.3) is 5.89 Å². The third-order valence-electron chi connectivity index (χ3n) is 3.53. The van der Waals surface area contributed by atoms with Gasteiger partial charge >= 0.3 is 0 Å². The molecule has 4 aromatic rings. The SMILES string of the molecule is Cc1occc1-c1nnc(-c2cccc3ccccc23)o1. The van der Waals surface area contributed by atoms with Gasteiger partial charge < -0.3 is 8.83 Å². The Balaban J connectivity index is 1.87. The average molecular weight is 276 g/mol. The summed E-state index contributed by atoms with van der Waals surface area (Å²) < 4.78 is 11.1. The molecule has 0 N–H and O–H groups in total. The molecule has 2 aromatic heterocycles. The minimum absolute atomic E-state index is 0.476.